The van der Waals surface area contributed by atoms with Gasteiger partial charge in [-0.15, -0.1) is 0 Å². The molecule has 1 aliphatic heterocycles. The minimum absolute atomic E-state index is 0.169. The van der Waals surface area contributed by atoms with E-state index in [-0.39, 0.29) is 16.5 Å². The fourth-order valence-electron chi connectivity index (χ4n) is 3.02. The third kappa shape index (κ3) is 3.11. The number of pyridine rings is 2. The standard InChI is InChI=1S/C18H14ClF3N4O2/c1-26-12-3-2-9(25-11-4-5-23-16(20)13(11)19)6-10(12)14-15(17(26)27)28-8-18(21,22)7-24-14/h2-6,24H,7-8H2,1H3,(H,23,25). The van der Waals surface area contributed by atoms with Crippen molar-refractivity contribution < 1.29 is 17.9 Å². The van der Waals surface area contributed by atoms with Crippen molar-refractivity contribution in [3.63, 3.8) is 0 Å². The molecule has 0 aliphatic carbocycles. The van der Waals surface area contributed by atoms with Gasteiger partial charge in [0.1, 0.15) is 5.02 Å². The van der Waals surface area contributed by atoms with Gasteiger partial charge in [0, 0.05) is 24.3 Å². The van der Waals surface area contributed by atoms with Crippen molar-refractivity contribution in [3.8, 4) is 5.75 Å². The van der Waals surface area contributed by atoms with Crippen molar-refractivity contribution in [3.05, 3.63) is 51.8 Å². The molecule has 3 aromatic rings. The highest BCUT2D eigenvalue weighted by atomic mass is 35.5. The zero-order valence-corrected chi connectivity index (χ0v) is 15.3. The number of aryl methyl sites for hydroxylation is 1. The van der Waals surface area contributed by atoms with E-state index in [1.54, 1.807) is 18.2 Å². The molecule has 28 heavy (non-hydrogen) atoms. The van der Waals surface area contributed by atoms with Gasteiger partial charge in [0.25, 0.3) is 11.5 Å². The van der Waals surface area contributed by atoms with Gasteiger partial charge >= 0.3 is 0 Å². The maximum atomic E-state index is 13.7. The quantitative estimate of drug-likeness (QED) is 0.627. The summed E-state index contributed by atoms with van der Waals surface area (Å²) in [7, 11) is 1.53. The molecule has 10 heteroatoms. The number of nitrogens with one attached hydrogen (secondary N) is 2. The Balaban J connectivity index is 1.85. The predicted octanol–water partition coefficient (Wildman–Crippen LogP) is 3.91. The lowest BCUT2D eigenvalue weighted by atomic mass is 10.1. The summed E-state index contributed by atoms with van der Waals surface area (Å²) in [4.78, 5) is 16.0. The molecular formula is C18H14ClF3N4O2. The van der Waals surface area contributed by atoms with Crippen LogP contribution in [0, 0.1) is 5.95 Å². The third-order valence-corrected chi connectivity index (χ3v) is 4.79. The monoisotopic (exact) mass is 410 g/mol. The minimum Gasteiger partial charge on any atom is -0.480 e. The number of nitrogens with zero attached hydrogens (tertiary/aromatic N) is 2. The van der Waals surface area contributed by atoms with Crippen molar-refractivity contribution in [2.75, 3.05) is 23.8 Å². The van der Waals surface area contributed by atoms with Gasteiger partial charge in [-0.2, -0.15) is 4.39 Å². The van der Waals surface area contributed by atoms with Crippen LogP contribution >= 0.6 is 11.6 Å². The summed E-state index contributed by atoms with van der Waals surface area (Å²) in [6.45, 7) is -1.56. The van der Waals surface area contributed by atoms with Crippen LogP contribution < -0.4 is 20.9 Å². The van der Waals surface area contributed by atoms with Gasteiger partial charge in [-0.05, 0) is 24.3 Å². The molecule has 0 unspecified atom stereocenters. The van der Waals surface area contributed by atoms with E-state index in [1.807, 2.05) is 0 Å². The summed E-state index contributed by atoms with van der Waals surface area (Å²) in [5.74, 6) is -4.10. The molecule has 0 saturated heterocycles. The second-order valence-electron chi connectivity index (χ2n) is 6.39. The van der Waals surface area contributed by atoms with Gasteiger partial charge in [0.15, 0.2) is 6.61 Å². The second kappa shape index (κ2) is 6.59. The van der Waals surface area contributed by atoms with E-state index >= 15 is 0 Å². The van der Waals surface area contributed by atoms with Gasteiger partial charge in [0.05, 0.1) is 23.4 Å². The maximum Gasteiger partial charge on any atom is 0.298 e. The van der Waals surface area contributed by atoms with Gasteiger partial charge in [-0.25, -0.2) is 13.8 Å². The van der Waals surface area contributed by atoms with Crippen LogP contribution in [0.3, 0.4) is 0 Å². The zero-order chi connectivity index (χ0) is 20.1. The first-order valence-corrected chi connectivity index (χ1v) is 8.63. The molecule has 0 amide bonds. The van der Waals surface area contributed by atoms with Crippen molar-refractivity contribution in [1.82, 2.24) is 9.55 Å². The highest BCUT2D eigenvalue weighted by Crippen LogP contribution is 2.36. The molecule has 0 radical (unpaired) electrons. The normalized spacial score (nSPS) is 15.3. The number of alkyl halides is 2. The summed E-state index contributed by atoms with van der Waals surface area (Å²) in [6, 6.07) is 6.45. The molecule has 0 bridgehead atoms. The molecule has 146 valence electrons. The van der Waals surface area contributed by atoms with Gasteiger partial charge in [-0.1, -0.05) is 11.6 Å². The van der Waals surface area contributed by atoms with E-state index in [0.29, 0.717) is 22.3 Å². The Morgan fingerprint density at radius 2 is 2.14 bits per heavy atom. The Kier molecular flexibility index (Phi) is 4.34. The smallest absolute Gasteiger partial charge is 0.298 e. The van der Waals surface area contributed by atoms with Crippen molar-refractivity contribution in [2.45, 2.75) is 5.92 Å². The Morgan fingerprint density at radius 1 is 1.36 bits per heavy atom. The first kappa shape index (κ1) is 18.4. The van der Waals surface area contributed by atoms with Crippen molar-refractivity contribution in [2.24, 2.45) is 7.05 Å². The number of rotatable bonds is 2. The molecular weight excluding hydrogens is 397 g/mol. The molecule has 0 spiro atoms. The van der Waals surface area contributed by atoms with Crippen LogP contribution in [0.1, 0.15) is 0 Å². The van der Waals surface area contributed by atoms with Gasteiger partial charge < -0.3 is 19.9 Å². The Morgan fingerprint density at radius 3 is 2.93 bits per heavy atom. The Labute approximate surface area is 161 Å². The van der Waals surface area contributed by atoms with Crippen LogP contribution in [0.4, 0.5) is 30.2 Å². The number of aromatic nitrogens is 2. The molecule has 1 aromatic carbocycles. The molecule has 0 saturated carbocycles. The van der Waals surface area contributed by atoms with Crippen LogP contribution in [0.25, 0.3) is 10.9 Å². The number of benzene rings is 1. The SMILES string of the molecule is Cn1c(=O)c2c(c3cc(Nc4ccnc(F)c4Cl)ccc31)NCC(F)(F)CO2. The number of hydrogen-bond acceptors (Lipinski definition) is 5. The van der Waals surface area contributed by atoms with E-state index < -0.39 is 30.6 Å². The summed E-state index contributed by atoms with van der Waals surface area (Å²) < 4.78 is 47.5. The minimum atomic E-state index is -3.12. The summed E-state index contributed by atoms with van der Waals surface area (Å²) >= 11 is 5.91. The van der Waals surface area contributed by atoms with E-state index in [4.69, 9.17) is 16.3 Å². The molecule has 2 N–H and O–H groups in total. The fourth-order valence-corrected chi connectivity index (χ4v) is 3.18. The van der Waals surface area contributed by atoms with E-state index in [0.717, 1.165) is 0 Å². The number of halogens is 4. The molecule has 6 nitrogen and oxygen atoms in total. The van der Waals surface area contributed by atoms with Gasteiger partial charge in [-0.3, -0.25) is 4.79 Å². The number of hydrogen-bond donors (Lipinski definition) is 2. The summed E-state index contributed by atoms with van der Waals surface area (Å²) in [6.07, 6.45) is 1.26. The maximum absolute atomic E-state index is 13.7. The third-order valence-electron chi connectivity index (χ3n) is 4.43. The molecule has 3 heterocycles. The average molecular weight is 411 g/mol. The predicted molar refractivity (Wildman–Crippen MR) is 101 cm³/mol. The van der Waals surface area contributed by atoms with E-state index in [2.05, 4.69) is 15.6 Å². The van der Waals surface area contributed by atoms with Crippen LogP contribution in [-0.4, -0.2) is 28.6 Å². The topological polar surface area (TPSA) is 68.2 Å². The lowest BCUT2D eigenvalue weighted by molar-refractivity contribution is -0.0251. The largest absolute Gasteiger partial charge is 0.480 e. The van der Waals surface area contributed by atoms with Crippen LogP contribution in [0.15, 0.2) is 35.3 Å². The molecule has 0 atom stereocenters. The zero-order valence-electron chi connectivity index (χ0n) is 14.5. The fraction of sp³-hybridized carbons (Fsp3) is 0.222. The van der Waals surface area contributed by atoms with Crippen LogP contribution in [0.5, 0.6) is 5.75 Å². The summed E-state index contributed by atoms with van der Waals surface area (Å²) in [5.41, 5.74) is 0.986. The van der Waals surface area contributed by atoms with E-state index in [1.165, 1.54) is 23.9 Å². The summed E-state index contributed by atoms with van der Waals surface area (Å²) in [5, 5.41) is 5.90. The second-order valence-corrected chi connectivity index (χ2v) is 6.76. The first-order chi connectivity index (χ1) is 13.3. The lowest BCUT2D eigenvalue weighted by Gasteiger charge is -2.16. The van der Waals surface area contributed by atoms with Crippen LogP contribution in [0.2, 0.25) is 5.02 Å². The van der Waals surface area contributed by atoms with E-state index in [9.17, 15) is 18.0 Å². The Hall–Kier alpha value is -2.94. The number of anilines is 3. The highest BCUT2D eigenvalue weighted by molar-refractivity contribution is 6.33. The van der Waals surface area contributed by atoms with Gasteiger partial charge in [0.2, 0.25) is 11.7 Å². The highest BCUT2D eigenvalue weighted by Gasteiger charge is 2.35. The average Bonchev–Trinajstić information content (AvgIpc) is 2.82. The molecule has 1 aliphatic rings. The first-order valence-electron chi connectivity index (χ1n) is 8.25. The molecule has 0 fully saturated rings. The lowest BCUT2D eigenvalue weighted by Crippen LogP contribution is -2.31. The number of ether oxygens (including phenoxy) is 1. The van der Waals surface area contributed by atoms with Crippen molar-refractivity contribution in [1.29, 1.82) is 0 Å². The molecule has 4 rings (SSSR count). The number of fused-ring (bicyclic) bond motifs is 3. The molecule has 2 aromatic heterocycles. The van der Waals surface area contributed by atoms with Crippen LogP contribution in [-0.2, 0) is 7.05 Å². The Bertz CT molecular complexity index is 1150. The van der Waals surface area contributed by atoms with Crippen molar-refractivity contribution >= 4 is 39.6 Å².